The molecule has 7 heteroatoms. The molecule has 6 rings (SSSR count). The molecule has 0 radical (unpaired) electrons. The average Bonchev–Trinajstić information content (AvgIpc) is 3.49. The number of imidazole rings is 1. The van der Waals surface area contributed by atoms with Crippen molar-refractivity contribution in [2.45, 2.75) is 25.4 Å². The summed E-state index contributed by atoms with van der Waals surface area (Å²) in [6, 6.07) is 13.5. The van der Waals surface area contributed by atoms with E-state index in [-0.39, 0.29) is 5.82 Å². The second-order valence-corrected chi connectivity index (χ2v) is 8.10. The zero-order chi connectivity index (χ0) is 20.2. The largest absolute Gasteiger partial charge is 0.351 e. The zero-order valence-electron chi connectivity index (χ0n) is 16.6. The Kier molecular flexibility index (Phi) is 3.86. The summed E-state index contributed by atoms with van der Waals surface area (Å²) >= 11 is 0. The van der Waals surface area contributed by atoms with Crippen LogP contribution in [0.4, 0.5) is 10.2 Å². The van der Waals surface area contributed by atoms with Gasteiger partial charge in [0.05, 0.1) is 5.69 Å². The third kappa shape index (κ3) is 2.69. The van der Waals surface area contributed by atoms with Crippen LogP contribution in [-0.2, 0) is 0 Å². The number of anilines is 1. The highest BCUT2D eigenvalue weighted by atomic mass is 19.1. The van der Waals surface area contributed by atoms with E-state index in [0.29, 0.717) is 12.1 Å². The number of fused-ring (bicyclic) bond motifs is 3. The van der Waals surface area contributed by atoms with Crippen LogP contribution in [0.15, 0.2) is 54.9 Å². The lowest BCUT2D eigenvalue weighted by Gasteiger charge is -2.28. The Labute approximate surface area is 173 Å². The number of aryl methyl sites for hydroxylation is 1. The van der Waals surface area contributed by atoms with Crippen molar-refractivity contribution in [3.05, 3.63) is 66.2 Å². The summed E-state index contributed by atoms with van der Waals surface area (Å²) in [5.74, 6) is 1.48. The Morgan fingerprint density at radius 3 is 2.57 bits per heavy atom. The summed E-state index contributed by atoms with van der Waals surface area (Å²) in [5, 5.41) is 3.55. The monoisotopic (exact) mass is 400 g/mol. The molecule has 1 aromatic carbocycles. The Balaban J connectivity index is 1.59. The summed E-state index contributed by atoms with van der Waals surface area (Å²) in [7, 11) is 0. The molecule has 2 saturated heterocycles. The van der Waals surface area contributed by atoms with E-state index in [0.717, 1.165) is 52.7 Å². The van der Waals surface area contributed by atoms with E-state index < -0.39 is 0 Å². The molecule has 0 spiro atoms. The molecule has 0 saturated carbocycles. The first-order chi connectivity index (χ1) is 14.7. The Hall–Kier alpha value is -3.32. The molecule has 5 heterocycles. The topological polar surface area (TPSA) is 58.9 Å². The van der Waals surface area contributed by atoms with Crippen molar-refractivity contribution in [2.75, 3.05) is 18.0 Å². The minimum absolute atomic E-state index is 0.264. The van der Waals surface area contributed by atoms with Gasteiger partial charge in [0.2, 0.25) is 0 Å². The van der Waals surface area contributed by atoms with Gasteiger partial charge in [-0.2, -0.15) is 0 Å². The second-order valence-electron chi connectivity index (χ2n) is 8.10. The van der Waals surface area contributed by atoms with Gasteiger partial charge in [-0.25, -0.2) is 14.4 Å². The second kappa shape index (κ2) is 6.60. The predicted molar refractivity (Wildman–Crippen MR) is 114 cm³/mol. The van der Waals surface area contributed by atoms with Gasteiger partial charge in [0, 0.05) is 43.1 Å². The number of pyridine rings is 2. The van der Waals surface area contributed by atoms with Gasteiger partial charge in [0.25, 0.3) is 0 Å². The summed E-state index contributed by atoms with van der Waals surface area (Å²) in [5.41, 5.74) is 4.53. The Bertz CT molecular complexity index is 1230. The van der Waals surface area contributed by atoms with Crippen LogP contribution in [0.3, 0.4) is 0 Å². The lowest BCUT2D eigenvalue weighted by atomic mass is 10.2. The summed E-state index contributed by atoms with van der Waals surface area (Å²) in [4.78, 5) is 16.6. The number of aromatic nitrogens is 4. The molecule has 2 aliphatic heterocycles. The number of hydrogen-bond donors (Lipinski definition) is 1. The molecular weight excluding hydrogens is 379 g/mol. The third-order valence-electron chi connectivity index (χ3n) is 6.17. The maximum Gasteiger partial charge on any atom is 0.167 e. The third-order valence-corrected chi connectivity index (χ3v) is 6.17. The average molecular weight is 400 g/mol. The molecule has 0 amide bonds. The van der Waals surface area contributed by atoms with E-state index in [4.69, 9.17) is 9.97 Å². The van der Waals surface area contributed by atoms with Crippen LogP contribution in [0, 0.1) is 12.7 Å². The number of benzene rings is 1. The van der Waals surface area contributed by atoms with Gasteiger partial charge in [-0.1, -0.05) is 0 Å². The van der Waals surface area contributed by atoms with Crippen molar-refractivity contribution >= 4 is 17.0 Å². The first-order valence-electron chi connectivity index (χ1n) is 10.2. The Morgan fingerprint density at radius 1 is 1.07 bits per heavy atom. The fraction of sp³-hybridized carbons (Fsp3) is 0.261. The van der Waals surface area contributed by atoms with Gasteiger partial charge >= 0.3 is 0 Å². The summed E-state index contributed by atoms with van der Waals surface area (Å²) in [6.07, 6.45) is 4.69. The Morgan fingerprint density at radius 2 is 1.87 bits per heavy atom. The highest BCUT2D eigenvalue weighted by molar-refractivity contribution is 5.84. The number of rotatable bonds is 3. The zero-order valence-corrected chi connectivity index (χ0v) is 16.6. The molecule has 2 aliphatic rings. The van der Waals surface area contributed by atoms with E-state index in [2.05, 4.69) is 28.2 Å². The van der Waals surface area contributed by atoms with Crippen LogP contribution < -0.4 is 10.2 Å². The molecule has 0 aliphatic carbocycles. The van der Waals surface area contributed by atoms with Crippen molar-refractivity contribution in [1.82, 2.24) is 24.8 Å². The first-order valence-corrected chi connectivity index (χ1v) is 10.2. The molecule has 6 nitrogen and oxygen atoms in total. The van der Waals surface area contributed by atoms with Crippen LogP contribution in [-0.4, -0.2) is 44.7 Å². The van der Waals surface area contributed by atoms with Crippen LogP contribution in [0.25, 0.3) is 28.2 Å². The molecule has 30 heavy (non-hydrogen) atoms. The van der Waals surface area contributed by atoms with Crippen molar-refractivity contribution in [3.63, 3.8) is 0 Å². The molecule has 1 N–H and O–H groups in total. The van der Waals surface area contributed by atoms with Crippen molar-refractivity contribution in [1.29, 1.82) is 0 Å². The van der Waals surface area contributed by atoms with Gasteiger partial charge in [0.15, 0.2) is 5.65 Å². The van der Waals surface area contributed by atoms with Crippen molar-refractivity contribution in [2.24, 2.45) is 0 Å². The van der Waals surface area contributed by atoms with Gasteiger partial charge in [0.1, 0.15) is 23.0 Å². The standard InChI is InChI=1S/C23H21FN6/c1-14-10-20(29-13-17-11-19(29)12-26-17)27-23-21(14)28-22(15-2-4-16(24)5-3-15)30(23)18-6-8-25-9-7-18/h2-10,17,19,26H,11-13H2,1H3/t17-,19-/m1/s1. The summed E-state index contributed by atoms with van der Waals surface area (Å²) < 4.78 is 15.6. The SMILES string of the molecule is Cc1cc(N2C[C@H]3C[C@@H]2CN3)nc2c1nc(-c1ccc(F)cc1)n2-c1ccncc1. The number of nitrogens with one attached hydrogen (secondary N) is 1. The minimum atomic E-state index is -0.264. The van der Waals surface area contributed by atoms with Crippen LogP contribution >= 0.6 is 0 Å². The fourth-order valence-corrected chi connectivity index (χ4v) is 4.70. The maximum atomic E-state index is 13.5. The molecule has 2 bridgehead atoms. The van der Waals surface area contributed by atoms with Crippen molar-refractivity contribution in [3.8, 4) is 17.1 Å². The summed E-state index contributed by atoms with van der Waals surface area (Å²) in [6.45, 7) is 4.07. The maximum absolute atomic E-state index is 13.5. The normalized spacial score (nSPS) is 20.4. The quantitative estimate of drug-likeness (QED) is 0.571. The molecule has 0 unspecified atom stereocenters. The van der Waals surface area contributed by atoms with E-state index in [1.807, 2.05) is 16.7 Å². The van der Waals surface area contributed by atoms with E-state index in [1.165, 1.54) is 18.6 Å². The van der Waals surface area contributed by atoms with Crippen LogP contribution in [0.1, 0.15) is 12.0 Å². The lowest BCUT2D eigenvalue weighted by molar-refractivity contribution is 0.576. The van der Waals surface area contributed by atoms with Crippen LogP contribution in [0.5, 0.6) is 0 Å². The predicted octanol–water partition coefficient (Wildman–Crippen LogP) is 3.48. The molecular formula is C23H21FN6. The van der Waals surface area contributed by atoms with E-state index in [9.17, 15) is 4.39 Å². The first kappa shape index (κ1) is 17.5. The molecule has 2 atom stereocenters. The lowest BCUT2D eigenvalue weighted by Crippen LogP contribution is -2.44. The van der Waals surface area contributed by atoms with Crippen molar-refractivity contribution < 1.29 is 4.39 Å². The highest BCUT2D eigenvalue weighted by Gasteiger charge is 2.38. The van der Waals surface area contributed by atoms with Gasteiger partial charge < -0.3 is 10.2 Å². The molecule has 150 valence electrons. The van der Waals surface area contributed by atoms with E-state index in [1.54, 1.807) is 24.5 Å². The van der Waals surface area contributed by atoms with Gasteiger partial charge in [-0.15, -0.1) is 0 Å². The molecule has 2 fully saturated rings. The van der Waals surface area contributed by atoms with E-state index >= 15 is 0 Å². The number of halogens is 1. The smallest absolute Gasteiger partial charge is 0.167 e. The molecule has 4 aromatic rings. The number of nitrogens with zero attached hydrogens (tertiary/aromatic N) is 5. The van der Waals surface area contributed by atoms with Gasteiger partial charge in [-0.3, -0.25) is 9.55 Å². The number of piperazine rings is 1. The molecule has 3 aromatic heterocycles. The van der Waals surface area contributed by atoms with Crippen LogP contribution in [0.2, 0.25) is 0 Å². The fourth-order valence-electron chi connectivity index (χ4n) is 4.70. The van der Waals surface area contributed by atoms with Gasteiger partial charge in [-0.05, 0) is 61.4 Å². The number of hydrogen-bond acceptors (Lipinski definition) is 5. The highest BCUT2D eigenvalue weighted by Crippen LogP contribution is 2.34. The minimum Gasteiger partial charge on any atom is -0.351 e.